The Balaban J connectivity index is 1.84. The van der Waals surface area contributed by atoms with Crippen LogP contribution in [0.25, 0.3) is 5.57 Å². The molecule has 0 nitrogen and oxygen atoms in total. The topological polar surface area (TPSA) is 0 Å². The van der Waals surface area contributed by atoms with Gasteiger partial charge >= 0.3 is 0 Å². The van der Waals surface area contributed by atoms with E-state index in [4.69, 9.17) is 0 Å². The predicted octanol–water partition coefficient (Wildman–Crippen LogP) is 5.40. The molecule has 0 radical (unpaired) electrons. The van der Waals surface area contributed by atoms with E-state index in [0.29, 0.717) is 0 Å². The van der Waals surface area contributed by atoms with E-state index in [1.807, 2.05) is 0 Å². The Kier molecular flexibility index (Phi) is 3.93. The van der Waals surface area contributed by atoms with Crippen molar-refractivity contribution in [2.45, 2.75) is 12.8 Å². The first kappa shape index (κ1) is 12.7. The first-order valence-corrected chi connectivity index (χ1v) is 7.11. The molecule has 0 saturated heterocycles. The van der Waals surface area contributed by atoms with E-state index in [-0.39, 0.29) is 0 Å². The number of rotatable bonds is 2. The lowest BCUT2D eigenvalue weighted by atomic mass is 10.0. The number of hydrogen-bond acceptors (Lipinski definition) is 0. The molecule has 2 aliphatic rings. The van der Waals surface area contributed by atoms with Crippen LogP contribution >= 0.6 is 0 Å². The van der Waals surface area contributed by atoms with Crippen LogP contribution in [0.2, 0.25) is 0 Å². The van der Waals surface area contributed by atoms with Crippen molar-refractivity contribution in [1.82, 2.24) is 0 Å². The maximum atomic E-state index is 2.29. The van der Waals surface area contributed by atoms with Crippen LogP contribution in [0.5, 0.6) is 0 Å². The Hall–Kier alpha value is -2.34. The molecular formula is C20H18. The van der Waals surface area contributed by atoms with Gasteiger partial charge in [-0.15, -0.1) is 0 Å². The summed E-state index contributed by atoms with van der Waals surface area (Å²) in [6, 6.07) is 10.6. The van der Waals surface area contributed by atoms with Crippen molar-refractivity contribution >= 4 is 5.57 Å². The summed E-state index contributed by atoms with van der Waals surface area (Å²) in [7, 11) is 0. The molecule has 2 aliphatic carbocycles. The molecule has 0 aliphatic heterocycles. The van der Waals surface area contributed by atoms with E-state index in [9.17, 15) is 0 Å². The molecule has 0 heteroatoms. The molecule has 1 aromatic carbocycles. The Morgan fingerprint density at radius 2 is 1.45 bits per heavy atom. The summed E-state index contributed by atoms with van der Waals surface area (Å²) in [6.07, 6.45) is 21.9. The Morgan fingerprint density at radius 3 is 2.35 bits per heavy atom. The summed E-state index contributed by atoms with van der Waals surface area (Å²) in [6.45, 7) is 0. The van der Waals surface area contributed by atoms with E-state index >= 15 is 0 Å². The van der Waals surface area contributed by atoms with Crippen LogP contribution < -0.4 is 0 Å². The second-order valence-electron chi connectivity index (χ2n) is 4.94. The van der Waals surface area contributed by atoms with E-state index < -0.39 is 0 Å². The van der Waals surface area contributed by atoms with E-state index in [2.05, 4.69) is 85.0 Å². The maximum absolute atomic E-state index is 2.29. The molecule has 0 saturated carbocycles. The zero-order chi connectivity index (χ0) is 13.6. The van der Waals surface area contributed by atoms with Crippen molar-refractivity contribution in [1.29, 1.82) is 0 Å². The van der Waals surface area contributed by atoms with Gasteiger partial charge in [-0.25, -0.2) is 0 Å². The quantitative estimate of drug-likeness (QED) is 0.666. The molecule has 20 heavy (non-hydrogen) atoms. The van der Waals surface area contributed by atoms with Crippen LogP contribution in [-0.2, 0) is 0 Å². The molecule has 0 heterocycles. The van der Waals surface area contributed by atoms with Crippen LogP contribution in [0.4, 0.5) is 0 Å². The van der Waals surface area contributed by atoms with Gasteiger partial charge in [0.05, 0.1) is 0 Å². The molecule has 0 amide bonds. The Bertz CT molecular complexity index is 647. The van der Waals surface area contributed by atoms with Crippen LogP contribution in [0, 0.1) is 0 Å². The van der Waals surface area contributed by atoms with E-state index in [1.165, 1.54) is 22.3 Å². The van der Waals surface area contributed by atoms with Gasteiger partial charge in [-0.2, -0.15) is 0 Å². The fourth-order valence-electron chi connectivity index (χ4n) is 2.46. The fraction of sp³-hybridized carbons (Fsp3) is 0.100. The summed E-state index contributed by atoms with van der Waals surface area (Å²) in [4.78, 5) is 0. The normalized spacial score (nSPS) is 17.9. The highest BCUT2D eigenvalue weighted by Crippen LogP contribution is 2.24. The minimum Gasteiger partial charge on any atom is -0.0807 e. The molecule has 0 N–H and O–H groups in total. The lowest BCUT2D eigenvalue weighted by molar-refractivity contribution is 1.36. The van der Waals surface area contributed by atoms with Gasteiger partial charge in [0.2, 0.25) is 0 Å². The second-order valence-corrected chi connectivity index (χ2v) is 4.94. The summed E-state index contributed by atoms with van der Waals surface area (Å²) in [5, 5.41) is 0. The molecule has 0 spiro atoms. The highest BCUT2D eigenvalue weighted by atomic mass is 14.1. The lowest BCUT2D eigenvalue weighted by Crippen LogP contribution is -1.82. The van der Waals surface area contributed by atoms with Crippen LogP contribution in [0.3, 0.4) is 0 Å². The molecule has 3 rings (SSSR count). The van der Waals surface area contributed by atoms with E-state index in [1.54, 1.807) is 0 Å². The SMILES string of the molecule is C1=CCC=CC(C2=CCC=C(c3ccccc3)C=C2)=C1. The Labute approximate surface area is 120 Å². The molecule has 98 valence electrons. The van der Waals surface area contributed by atoms with Gasteiger partial charge in [-0.1, -0.05) is 85.0 Å². The standard InChI is InChI=1S/C20H18/c1-2-5-10-17(9-4-1)19-13-8-14-20(16-15-19)18-11-6-3-7-12-18/h1,3-7,9-16H,2,8H2. The summed E-state index contributed by atoms with van der Waals surface area (Å²) in [5.74, 6) is 0. The van der Waals surface area contributed by atoms with Crippen molar-refractivity contribution < 1.29 is 0 Å². The van der Waals surface area contributed by atoms with Crippen molar-refractivity contribution in [2.75, 3.05) is 0 Å². The van der Waals surface area contributed by atoms with Gasteiger partial charge in [-0.3, -0.25) is 0 Å². The number of benzene rings is 1. The molecule has 1 aromatic rings. The third-order valence-electron chi connectivity index (χ3n) is 3.54. The molecular weight excluding hydrogens is 240 g/mol. The second kappa shape index (κ2) is 6.21. The first-order valence-electron chi connectivity index (χ1n) is 7.11. The van der Waals surface area contributed by atoms with Gasteiger partial charge in [-0.05, 0) is 35.1 Å². The van der Waals surface area contributed by atoms with Gasteiger partial charge in [0.15, 0.2) is 0 Å². The third-order valence-corrected chi connectivity index (χ3v) is 3.54. The minimum atomic E-state index is 0.974. The van der Waals surface area contributed by atoms with Gasteiger partial charge in [0.1, 0.15) is 0 Å². The summed E-state index contributed by atoms with van der Waals surface area (Å²) in [5.41, 5.74) is 5.17. The van der Waals surface area contributed by atoms with Crippen LogP contribution in [0.15, 0.2) is 96.2 Å². The van der Waals surface area contributed by atoms with Crippen molar-refractivity contribution in [3.05, 3.63) is 102 Å². The van der Waals surface area contributed by atoms with Crippen molar-refractivity contribution in [2.24, 2.45) is 0 Å². The average Bonchev–Trinajstić information content (AvgIpc) is 2.91. The molecule has 0 atom stereocenters. The van der Waals surface area contributed by atoms with Gasteiger partial charge in [0, 0.05) is 0 Å². The molecule has 0 fully saturated rings. The Morgan fingerprint density at radius 1 is 0.650 bits per heavy atom. The van der Waals surface area contributed by atoms with Gasteiger partial charge < -0.3 is 0 Å². The predicted molar refractivity (Wildman–Crippen MR) is 87.2 cm³/mol. The maximum Gasteiger partial charge on any atom is -0.0151 e. The fourth-order valence-corrected chi connectivity index (χ4v) is 2.46. The van der Waals surface area contributed by atoms with Gasteiger partial charge in [0.25, 0.3) is 0 Å². The smallest absolute Gasteiger partial charge is 0.0151 e. The molecule has 0 aromatic heterocycles. The third kappa shape index (κ3) is 2.97. The van der Waals surface area contributed by atoms with Crippen molar-refractivity contribution in [3.63, 3.8) is 0 Å². The zero-order valence-corrected chi connectivity index (χ0v) is 11.5. The number of hydrogen-bond donors (Lipinski definition) is 0. The van der Waals surface area contributed by atoms with Crippen LogP contribution in [0.1, 0.15) is 18.4 Å². The zero-order valence-electron chi connectivity index (χ0n) is 11.5. The lowest BCUT2D eigenvalue weighted by Gasteiger charge is -2.02. The highest BCUT2D eigenvalue weighted by molar-refractivity contribution is 5.76. The molecule has 0 bridgehead atoms. The van der Waals surface area contributed by atoms with E-state index in [0.717, 1.165) is 12.8 Å². The number of allylic oxidation sites excluding steroid dienone is 12. The molecule has 0 unspecified atom stereocenters. The first-order chi connectivity index (χ1) is 9.93. The monoisotopic (exact) mass is 258 g/mol. The minimum absolute atomic E-state index is 0.974. The highest BCUT2D eigenvalue weighted by Gasteiger charge is 2.04. The largest absolute Gasteiger partial charge is 0.0807 e. The summed E-state index contributed by atoms with van der Waals surface area (Å²) >= 11 is 0. The van der Waals surface area contributed by atoms with Crippen molar-refractivity contribution in [3.8, 4) is 0 Å². The average molecular weight is 258 g/mol. The van der Waals surface area contributed by atoms with Crippen LogP contribution in [-0.4, -0.2) is 0 Å². The summed E-state index contributed by atoms with van der Waals surface area (Å²) < 4.78 is 0.